The summed E-state index contributed by atoms with van der Waals surface area (Å²) in [7, 11) is 0. The summed E-state index contributed by atoms with van der Waals surface area (Å²) >= 11 is 7.89. The second-order valence-corrected chi connectivity index (χ2v) is 6.15. The summed E-state index contributed by atoms with van der Waals surface area (Å²) in [5.74, 6) is 0.906. The van der Waals surface area contributed by atoms with Gasteiger partial charge in [0.2, 0.25) is 0 Å². The number of aromatic hydroxyl groups is 1. The normalized spacial score (nSPS) is 16.7. The molecule has 1 unspecified atom stereocenters. The lowest BCUT2D eigenvalue weighted by Crippen LogP contribution is -2.12. The number of thiazole rings is 1. The molecule has 0 bridgehead atoms. The molecular formula is C15H11ClN2O2S. The lowest BCUT2D eigenvalue weighted by molar-refractivity contribution is 0.338. The average Bonchev–Trinajstić information content (AvgIpc) is 3.08. The van der Waals surface area contributed by atoms with Crippen LogP contribution in [-0.2, 0) is 0 Å². The van der Waals surface area contributed by atoms with Gasteiger partial charge >= 0.3 is 0 Å². The fraction of sp³-hybridized carbons (Fsp3) is 0.133. The first kappa shape index (κ1) is 12.7. The molecule has 2 aromatic carbocycles. The molecule has 0 fully saturated rings. The molecule has 0 saturated carbocycles. The maximum Gasteiger partial charge on any atom is 0.128 e. The van der Waals surface area contributed by atoms with Crippen molar-refractivity contribution < 1.29 is 9.84 Å². The van der Waals surface area contributed by atoms with Crippen molar-refractivity contribution in [2.24, 2.45) is 0 Å². The Morgan fingerprint density at radius 3 is 3.14 bits per heavy atom. The lowest BCUT2D eigenvalue weighted by atomic mass is 10.1. The van der Waals surface area contributed by atoms with Gasteiger partial charge in [-0.2, -0.15) is 0 Å². The Morgan fingerprint density at radius 1 is 1.33 bits per heavy atom. The Bertz CT molecular complexity index is 834. The third-order valence-electron chi connectivity index (χ3n) is 3.55. The van der Waals surface area contributed by atoms with Crippen LogP contribution in [0.3, 0.4) is 0 Å². The van der Waals surface area contributed by atoms with E-state index in [1.807, 2.05) is 23.7 Å². The topological polar surface area (TPSA) is 54.4 Å². The van der Waals surface area contributed by atoms with Crippen LogP contribution in [0.15, 0.2) is 35.8 Å². The average molecular weight is 319 g/mol. The maximum atomic E-state index is 9.50. The van der Waals surface area contributed by atoms with Crippen molar-refractivity contribution in [3.05, 3.63) is 46.4 Å². The number of ether oxygens (including phenoxy) is 1. The smallest absolute Gasteiger partial charge is 0.128 e. The molecule has 1 aliphatic rings. The van der Waals surface area contributed by atoms with E-state index in [1.165, 1.54) is 0 Å². The molecule has 4 rings (SSSR count). The number of hydrogen-bond donors (Lipinski definition) is 2. The Balaban J connectivity index is 1.74. The summed E-state index contributed by atoms with van der Waals surface area (Å²) in [6, 6.07) is 8.99. The first-order valence-corrected chi connectivity index (χ1v) is 7.72. The predicted molar refractivity (Wildman–Crippen MR) is 84.6 cm³/mol. The summed E-state index contributed by atoms with van der Waals surface area (Å²) in [6.07, 6.45) is 0. The number of hydrogen-bond acceptors (Lipinski definition) is 5. The molecule has 106 valence electrons. The third kappa shape index (κ3) is 2.09. The zero-order valence-electron chi connectivity index (χ0n) is 10.8. The second-order valence-electron chi connectivity index (χ2n) is 4.85. The van der Waals surface area contributed by atoms with Crippen LogP contribution in [0.4, 0.5) is 5.69 Å². The Labute approximate surface area is 130 Å². The molecule has 4 nitrogen and oxygen atoms in total. The first-order chi connectivity index (χ1) is 10.2. The lowest BCUT2D eigenvalue weighted by Gasteiger charge is -2.15. The van der Waals surface area contributed by atoms with E-state index in [-0.39, 0.29) is 11.8 Å². The van der Waals surface area contributed by atoms with Crippen LogP contribution in [0.25, 0.3) is 10.2 Å². The van der Waals surface area contributed by atoms with E-state index in [0.29, 0.717) is 17.4 Å². The van der Waals surface area contributed by atoms with Crippen molar-refractivity contribution in [3.8, 4) is 11.5 Å². The Kier molecular flexibility index (Phi) is 2.90. The van der Waals surface area contributed by atoms with Crippen LogP contribution in [0, 0.1) is 0 Å². The molecule has 2 N–H and O–H groups in total. The number of phenols is 1. The van der Waals surface area contributed by atoms with Crippen LogP contribution >= 0.6 is 22.9 Å². The molecule has 1 atom stereocenters. The minimum atomic E-state index is -0.00889. The van der Waals surface area contributed by atoms with E-state index in [9.17, 15) is 5.11 Å². The minimum absolute atomic E-state index is 0.00889. The van der Waals surface area contributed by atoms with Crippen molar-refractivity contribution in [1.82, 2.24) is 4.98 Å². The van der Waals surface area contributed by atoms with Gasteiger partial charge in [0.25, 0.3) is 0 Å². The molecule has 0 radical (unpaired) electrons. The molecule has 0 amide bonds. The van der Waals surface area contributed by atoms with Gasteiger partial charge in [-0.3, -0.25) is 0 Å². The highest BCUT2D eigenvalue weighted by Crippen LogP contribution is 2.40. The number of aromatic nitrogens is 1. The molecule has 0 aliphatic carbocycles. The van der Waals surface area contributed by atoms with Gasteiger partial charge < -0.3 is 15.2 Å². The summed E-state index contributed by atoms with van der Waals surface area (Å²) in [5.41, 5.74) is 4.52. The molecule has 0 spiro atoms. The molecule has 1 aromatic heterocycles. The molecule has 3 aromatic rings. The standard InChI is InChI=1S/C15H11ClN2O2S/c16-10-3-4-13-15(17-7-21-13)14(10)18-11-6-20-12-5-8(19)1-2-9(11)12/h1-5,7,11,18-19H,6H2. The second kappa shape index (κ2) is 4.79. The number of rotatable bonds is 2. The number of fused-ring (bicyclic) bond motifs is 2. The summed E-state index contributed by atoms with van der Waals surface area (Å²) in [4.78, 5) is 4.38. The monoisotopic (exact) mass is 318 g/mol. The summed E-state index contributed by atoms with van der Waals surface area (Å²) in [5, 5.41) is 13.6. The maximum absolute atomic E-state index is 9.50. The third-order valence-corrected chi connectivity index (χ3v) is 4.66. The van der Waals surface area contributed by atoms with Gasteiger partial charge in [0.1, 0.15) is 23.6 Å². The zero-order valence-corrected chi connectivity index (χ0v) is 12.4. The van der Waals surface area contributed by atoms with Gasteiger partial charge in [-0.15, -0.1) is 11.3 Å². The minimum Gasteiger partial charge on any atom is -0.508 e. The van der Waals surface area contributed by atoms with Crippen molar-refractivity contribution in [3.63, 3.8) is 0 Å². The molecule has 0 saturated heterocycles. The van der Waals surface area contributed by atoms with Crippen molar-refractivity contribution in [2.75, 3.05) is 11.9 Å². The van der Waals surface area contributed by atoms with Gasteiger partial charge in [0, 0.05) is 11.6 Å². The quantitative estimate of drug-likeness (QED) is 0.743. The van der Waals surface area contributed by atoms with Gasteiger partial charge in [-0.25, -0.2) is 4.98 Å². The highest BCUT2D eigenvalue weighted by atomic mass is 35.5. The van der Waals surface area contributed by atoms with Crippen molar-refractivity contribution >= 4 is 38.8 Å². The van der Waals surface area contributed by atoms with Crippen molar-refractivity contribution in [2.45, 2.75) is 6.04 Å². The molecular weight excluding hydrogens is 308 g/mol. The Hall–Kier alpha value is -1.98. The van der Waals surface area contributed by atoms with Gasteiger partial charge in [0.05, 0.1) is 27.0 Å². The molecule has 21 heavy (non-hydrogen) atoms. The van der Waals surface area contributed by atoms with Crippen LogP contribution in [0.5, 0.6) is 11.5 Å². The van der Waals surface area contributed by atoms with E-state index in [4.69, 9.17) is 16.3 Å². The fourth-order valence-electron chi connectivity index (χ4n) is 2.54. The first-order valence-electron chi connectivity index (χ1n) is 6.46. The van der Waals surface area contributed by atoms with E-state index in [2.05, 4.69) is 10.3 Å². The van der Waals surface area contributed by atoms with Crippen LogP contribution in [0.2, 0.25) is 5.02 Å². The van der Waals surface area contributed by atoms with Crippen LogP contribution in [0.1, 0.15) is 11.6 Å². The zero-order chi connectivity index (χ0) is 14.4. The number of halogens is 1. The summed E-state index contributed by atoms with van der Waals surface area (Å²) in [6.45, 7) is 0.496. The van der Waals surface area contributed by atoms with E-state index in [1.54, 1.807) is 23.5 Å². The number of nitrogens with zero attached hydrogens (tertiary/aromatic N) is 1. The number of nitrogens with one attached hydrogen (secondary N) is 1. The van der Waals surface area contributed by atoms with Crippen molar-refractivity contribution in [1.29, 1.82) is 0 Å². The fourth-order valence-corrected chi connectivity index (χ4v) is 3.43. The number of anilines is 1. The highest BCUT2D eigenvalue weighted by molar-refractivity contribution is 7.16. The van der Waals surface area contributed by atoms with Gasteiger partial charge in [0.15, 0.2) is 0 Å². The van der Waals surface area contributed by atoms with Crippen LogP contribution < -0.4 is 10.1 Å². The van der Waals surface area contributed by atoms with E-state index >= 15 is 0 Å². The SMILES string of the molecule is Oc1ccc2c(c1)OCC2Nc1c(Cl)ccc2scnc12. The largest absolute Gasteiger partial charge is 0.508 e. The van der Waals surface area contributed by atoms with Crippen LogP contribution in [-0.4, -0.2) is 16.7 Å². The Morgan fingerprint density at radius 2 is 2.24 bits per heavy atom. The molecule has 6 heteroatoms. The van der Waals surface area contributed by atoms with E-state index < -0.39 is 0 Å². The number of phenolic OH excluding ortho intramolecular Hbond substituents is 1. The van der Waals surface area contributed by atoms with Gasteiger partial charge in [-0.05, 0) is 24.3 Å². The van der Waals surface area contributed by atoms with E-state index in [0.717, 1.165) is 21.5 Å². The summed E-state index contributed by atoms with van der Waals surface area (Å²) < 4.78 is 6.70. The highest BCUT2D eigenvalue weighted by Gasteiger charge is 2.25. The number of benzene rings is 2. The predicted octanol–water partition coefficient (Wildman–Crippen LogP) is 4.20. The molecule has 1 aliphatic heterocycles. The molecule has 2 heterocycles. The van der Waals surface area contributed by atoms with Gasteiger partial charge in [-0.1, -0.05) is 11.6 Å².